The van der Waals surface area contributed by atoms with Crippen LogP contribution in [0.3, 0.4) is 0 Å². The minimum Gasteiger partial charge on any atom is -0.467 e. The first kappa shape index (κ1) is 14.5. The second kappa shape index (κ2) is 5.82. The number of nitrogens with one attached hydrogen (secondary N) is 1. The van der Waals surface area contributed by atoms with Crippen LogP contribution in [0.15, 0.2) is 53.3 Å². The number of amides is 1. The average Bonchev–Trinajstić information content (AvgIpc) is 3.29. The van der Waals surface area contributed by atoms with Crippen LogP contribution in [0.1, 0.15) is 16.1 Å². The lowest BCUT2D eigenvalue weighted by Gasteiger charge is -2.01. The number of primary amides is 1. The molecule has 24 heavy (non-hydrogen) atoms. The Kier molecular flexibility index (Phi) is 3.51. The van der Waals surface area contributed by atoms with E-state index in [4.69, 9.17) is 10.2 Å². The maximum atomic E-state index is 11.4. The molecule has 3 aromatic heterocycles. The summed E-state index contributed by atoms with van der Waals surface area (Å²) in [5, 5.41) is 8.47. The van der Waals surface area contributed by atoms with E-state index in [-0.39, 0.29) is 0 Å². The van der Waals surface area contributed by atoms with Crippen molar-refractivity contribution in [2.75, 3.05) is 5.32 Å². The van der Waals surface area contributed by atoms with Crippen molar-refractivity contribution in [2.24, 2.45) is 5.73 Å². The van der Waals surface area contributed by atoms with Crippen molar-refractivity contribution in [2.45, 2.75) is 6.54 Å². The van der Waals surface area contributed by atoms with Gasteiger partial charge in [-0.1, -0.05) is 23.5 Å². The maximum Gasteiger partial charge on any atom is 0.248 e. The van der Waals surface area contributed by atoms with E-state index in [9.17, 15) is 4.79 Å². The molecule has 0 aliphatic heterocycles. The minimum atomic E-state index is -0.461. The maximum absolute atomic E-state index is 11.4. The van der Waals surface area contributed by atoms with Crippen LogP contribution >= 0.6 is 11.3 Å². The third kappa shape index (κ3) is 2.63. The molecule has 0 unspecified atom stereocenters. The van der Waals surface area contributed by atoms with Crippen molar-refractivity contribution in [3.05, 3.63) is 60.2 Å². The predicted octanol–water partition coefficient (Wildman–Crippen LogP) is 2.76. The number of carbonyl (C=O) groups excluding carboxylic acids is 1. The van der Waals surface area contributed by atoms with Crippen LogP contribution in [0.4, 0.5) is 5.13 Å². The molecule has 0 saturated heterocycles. The lowest BCUT2D eigenvalue weighted by Crippen LogP contribution is -2.10. The molecule has 3 heterocycles. The van der Waals surface area contributed by atoms with Gasteiger partial charge in [0.05, 0.1) is 24.7 Å². The van der Waals surface area contributed by atoms with Gasteiger partial charge >= 0.3 is 0 Å². The number of imidazole rings is 1. The van der Waals surface area contributed by atoms with E-state index >= 15 is 0 Å². The van der Waals surface area contributed by atoms with Gasteiger partial charge in [0, 0.05) is 11.1 Å². The van der Waals surface area contributed by atoms with Crippen molar-refractivity contribution in [3.8, 4) is 11.3 Å². The van der Waals surface area contributed by atoms with E-state index in [0.29, 0.717) is 12.1 Å². The molecule has 4 aromatic rings. The number of carbonyl (C=O) groups is 1. The summed E-state index contributed by atoms with van der Waals surface area (Å²) in [5.74, 6) is 0.369. The molecule has 0 spiro atoms. The van der Waals surface area contributed by atoms with Crippen molar-refractivity contribution in [3.63, 3.8) is 0 Å². The van der Waals surface area contributed by atoms with E-state index in [1.165, 1.54) is 11.3 Å². The second-order valence-corrected chi connectivity index (χ2v) is 6.08. The summed E-state index contributed by atoms with van der Waals surface area (Å²) in [4.78, 5) is 16.5. The van der Waals surface area contributed by atoms with Crippen molar-refractivity contribution >= 4 is 27.3 Å². The third-order valence-corrected chi connectivity index (χ3v) is 4.40. The molecule has 0 radical (unpaired) electrons. The molecule has 0 atom stereocenters. The van der Waals surface area contributed by atoms with Gasteiger partial charge in [-0.2, -0.15) is 0 Å². The molecule has 1 aromatic carbocycles. The highest BCUT2D eigenvalue weighted by molar-refractivity contribution is 7.20. The van der Waals surface area contributed by atoms with Crippen LogP contribution in [0.25, 0.3) is 16.2 Å². The van der Waals surface area contributed by atoms with E-state index in [1.807, 2.05) is 18.2 Å². The van der Waals surface area contributed by atoms with Crippen LogP contribution in [-0.4, -0.2) is 20.5 Å². The van der Waals surface area contributed by atoms with Crippen LogP contribution in [0.2, 0.25) is 0 Å². The zero-order valence-corrected chi connectivity index (χ0v) is 13.3. The summed E-state index contributed by atoms with van der Waals surface area (Å²) in [7, 11) is 0. The van der Waals surface area contributed by atoms with Gasteiger partial charge in [-0.25, -0.2) is 9.50 Å². The quantitative estimate of drug-likeness (QED) is 0.582. The molecule has 120 valence electrons. The van der Waals surface area contributed by atoms with E-state index in [2.05, 4.69) is 15.4 Å². The Balaban J connectivity index is 1.64. The van der Waals surface area contributed by atoms with E-state index in [0.717, 1.165) is 27.1 Å². The molecule has 3 N–H and O–H groups in total. The fourth-order valence-corrected chi connectivity index (χ4v) is 3.14. The summed E-state index contributed by atoms with van der Waals surface area (Å²) in [5.41, 5.74) is 7.43. The molecule has 0 saturated carbocycles. The summed E-state index contributed by atoms with van der Waals surface area (Å²) in [6, 6.07) is 10.8. The number of furan rings is 1. The molecule has 0 aliphatic rings. The Morgan fingerprint density at radius 3 is 3.04 bits per heavy atom. The molecule has 1 amide bonds. The molecular formula is C16H13N5O2S. The Morgan fingerprint density at radius 2 is 2.25 bits per heavy atom. The number of benzene rings is 1. The SMILES string of the molecule is NC(=O)c1cccc(-c2cnc3sc(NCc4ccco4)nn23)c1. The predicted molar refractivity (Wildman–Crippen MR) is 90.9 cm³/mol. The van der Waals surface area contributed by atoms with Crippen molar-refractivity contribution in [1.29, 1.82) is 0 Å². The van der Waals surface area contributed by atoms with Gasteiger partial charge in [0.2, 0.25) is 16.0 Å². The first-order valence-corrected chi connectivity index (χ1v) is 8.03. The second-order valence-electron chi connectivity index (χ2n) is 5.12. The molecule has 0 bridgehead atoms. The van der Waals surface area contributed by atoms with Gasteiger partial charge in [-0.15, -0.1) is 5.10 Å². The van der Waals surface area contributed by atoms with Crippen LogP contribution in [0.5, 0.6) is 0 Å². The monoisotopic (exact) mass is 339 g/mol. The minimum absolute atomic E-state index is 0.453. The lowest BCUT2D eigenvalue weighted by atomic mass is 10.1. The number of hydrogen-bond acceptors (Lipinski definition) is 6. The number of rotatable bonds is 5. The van der Waals surface area contributed by atoms with Gasteiger partial charge in [0.15, 0.2) is 0 Å². The highest BCUT2D eigenvalue weighted by atomic mass is 32.1. The number of hydrogen-bond donors (Lipinski definition) is 2. The van der Waals surface area contributed by atoms with Crippen molar-refractivity contribution in [1.82, 2.24) is 14.6 Å². The summed E-state index contributed by atoms with van der Waals surface area (Å²) in [6.45, 7) is 0.552. The summed E-state index contributed by atoms with van der Waals surface area (Å²) >= 11 is 1.44. The number of anilines is 1. The normalized spacial score (nSPS) is 11.0. The topological polar surface area (TPSA) is 98.5 Å². The Morgan fingerprint density at radius 1 is 1.33 bits per heavy atom. The highest BCUT2D eigenvalue weighted by Gasteiger charge is 2.13. The number of aromatic nitrogens is 3. The molecular weight excluding hydrogens is 326 g/mol. The average molecular weight is 339 g/mol. The van der Waals surface area contributed by atoms with Gasteiger partial charge in [-0.3, -0.25) is 4.79 Å². The van der Waals surface area contributed by atoms with Crippen LogP contribution in [-0.2, 0) is 6.54 Å². The first-order chi connectivity index (χ1) is 11.7. The van der Waals surface area contributed by atoms with Crippen LogP contribution < -0.4 is 11.1 Å². The van der Waals surface area contributed by atoms with Gasteiger partial charge in [0.25, 0.3) is 0 Å². The Bertz CT molecular complexity index is 1000. The molecule has 0 fully saturated rings. The van der Waals surface area contributed by atoms with Gasteiger partial charge < -0.3 is 15.5 Å². The smallest absolute Gasteiger partial charge is 0.248 e. The fourth-order valence-electron chi connectivity index (χ4n) is 2.37. The summed E-state index contributed by atoms with van der Waals surface area (Å²) in [6.07, 6.45) is 3.37. The standard InChI is InChI=1S/C16H13N5O2S/c17-14(22)11-4-1-3-10(7-11)13-9-19-16-21(13)20-15(24-16)18-8-12-5-2-6-23-12/h1-7,9H,8H2,(H2,17,22)(H,18,20). The zero-order valence-electron chi connectivity index (χ0n) is 12.5. The van der Waals surface area contributed by atoms with Gasteiger partial charge in [-0.05, 0) is 24.3 Å². The zero-order chi connectivity index (χ0) is 16.5. The highest BCUT2D eigenvalue weighted by Crippen LogP contribution is 2.26. The summed E-state index contributed by atoms with van der Waals surface area (Å²) < 4.78 is 7.03. The lowest BCUT2D eigenvalue weighted by molar-refractivity contribution is 0.100. The van der Waals surface area contributed by atoms with Crippen LogP contribution in [0, 0.1) is 0 Å². The number of fused-ring (bicyclic) bond motifs is 1. The first-order valence-electron chi connectivity index (χ1n) is 7.22. The molecule has 0 aliphatic carbocycles. The van der Waals surface area contributed by atoms with E-state index < -0.39 is 5.91 Å². The van der Waals surface area contributed by atoms with Crippen molar-refractivity contribution < 1.29 is 9.21 Å². The Hall–Kier alpha value is -3.13. The molecule has 7 nitrogen and oxygen atoms in total. The van der Waals surface area contributed by atoms with Gasteiger partial charge in [0.1, 0.15) is 5.76 Å². The Labute approximate surface area is 140 Å². The number of nitrogens with two attached hydrogens (primary N) is 1. The fraction of sp³-hybridized carbons (Fsp3) is 0.0625. The number of nitrogens with zero attached hydrogens (tertiary/aromatic N) is 3. The third-order valence-electron chi connectivity index (χ3n) is 3.52. The van der Waals surface area contributed by atoms with E-state index in [1.54, 1.807) is 35.2 Å². The largest absolute Gasteiger partial charge is 0.467 e. The molecule has 4 rings (SSSR count). The molecule has 8 heteroatoms.